The van der Waals surface area contributed by atoms with E-state index < -0.39 is 0 Å². The summed E-state index contributed by atoms with van der Waals surface area (Å²) >= 11 is 0. The molecule has 0 bridgehead atoms. The molecule has 1 nitrogen and oxygen atoms in total. The minimum atomic E-state index is 0.622. The lowest BCUT2D eigenvalue weighted by Gasteiger charge is -2.31. The summed E-state index contributed by atoms with van der Waals surface area (Å²) in [5.74, 6) is 4.15. The van der Waals surface area contributed by atoms with E-state index in [2.05, 4.69) is 6.92 Å². The van der Waals surface area contributed by atoms with Gasteiger partial charge in [0, 0.05) is 6.61 Å². The molecule has 3 fully saturated rings. The van der Waals surface area contributed by atoms with Gasteiger partial charge in [-0.05, 0) is 55.8 Å². The molecule has 2 unspecified atom stereocenters. The van der Waals surface area contributed by atoms with Gasteiger partial charge in [-0.25, -0.2) is 0 Å². The minimum absolute atomic E-state index is 0.622. The van der Waals surface area contributed by atoms with Crippen LogP contribution in [0, 0.1) is 23.7 Å². The second-order valence-electron chi connectivity index (χ2n) is 7.78. The number of hydrogen-bond acceptors (Lipinski definition) is 1. The minimum Gasteiger partial charge on any atom is -0.378 e. The van der Waals surface area contributed by atoms with Crippen molar-refractivity contribution in [3.05, 3.63) is 0 Å². The molecule has 0 aromatic carbocycles. The highest BCUT2D eigenvalue weighted by Crippen LogP contribution is 2.40. The molecule has 110 valence electrons. The van der Waals surface area contributed by atoms with E-state index in [4.69, 9.17) is 4.74 Å². The van der Waals surface area contributed by atoms with Gasteiger partial charge in [-0.1, -0.05) is 45.4 Å². The van der Waals surface area contributed by atoms with Crippen LogP contribution in [0.15, 0.2) is 0 Å². The van der Waals surface area contributed by atoms with Crippen LogP contribution in [0.1, 0.15) is 77.6 Å². The van der Waals surface area contributed by atoms with Crippen molar-refractivity contribution in [1.82, 2.24) is 0 Å². The summed E-state index contributed by atoms with van der Waals surface area (Å²) < 4.78 is 5.80. The molecule has 1 heterocycles. The van der Waals surface area contributed by atoms with Crippen molar-refractivity contribution in [3.63, 3.8) is 0 Å². The molecule has 1 aliphatic heterocycles. The quantitative estimate of drug-likeness (QED) is 0.679. The lowest BCUT2D eigenvalue weighted by molar-refractivity contribution is 0.0779. The molecule has 3 rings (SSSR count). The highest BCUT2D eigenvalue weighted by atomic mass is 16.5. The van der Waals surface area contributed by atoms with Crippen molar-refractivity contribution in [2.75, 3.05) is 6.61 Å². The van der Waals surface area contributed by atoms with Crippen molar-refractivity contribution in [2.45, 2.75) is 83.7 Å². The van der Waals surface area contributed by atoms with E-state index in [1.54, 1.807) is 6.42 Å². The topological polar surface area (TPSA) is 9.23 Å². The van der Waals surface area contributed by atoms with Crippen LogP contribution >= 0.6 is 0 Å². The first-order chi connectivity index (χ1) is 9.29. The molecule has 1 saturated heterocycles. The Morgan fingerprint density at radius 3 is 2.05 bits per heavy atom. The normalized spacial score (nSPS) is 43.7. The number of ether oxygens (including phenoxy) is 1. The average Bonchev–Trinajstić information content (AvgIpc) is 3.04. The van der Waals surface area contributed by atoms with Gasteiger partial charge in [0.1, 0.15) is 0 Å². The first-order valence-corrected chi connectivity index (χ1v) is 8.91. The Morgan fingerprint density at radius 2 is 1.47 bits per heavy atom. The van der Waals surface area contributed by atoms with Gasteiger partial charge in [-0.3, -0.25) is 0 Å². The van der Waals surface area contributed by atoms with Crippen molar-refractivity contribution >= 4 is 0 Å². The maximum absolute atomic E-state index is 5.80. The lowest BCUT2D eigenvalue weighted by atomic mass is 9.76. The van der Waals surface area contributed by atoms with Crippen LogP contribution in [0.3, 0.4) is 0 Å². The Morgan fingerprint density at radius 1 is 0.789 bits per heavy atom. The van der Waals surface area contributed by atoms with Gasteiger partial charge in [-0.15, -0.1) is 0 Å². The van der Waals surface area contributed by atoms with Crippen LogP contribution in [0.25, 0.3) is 0 Å². The zero-order chi connectivity index (χ0) is 13.1. The van der Waals surface area contributed by atoms with Gasteiger partial charge < -0.3 is 4.74 Å². The van der Waals surface area contributed by atoms with E-state index >= 15 is 0 Å². The number of hydrogen-bond donors (Lipinski definition) is 0. The van der Waals surface area contributed by atoms with Gasteiger partial charge in [0.15, 0.2) is 0 Å². The van der Waals surface area contributed by atoms with Crippen molar-refractivity contribution in [3.8, 4) is 0 Å². The first kappa shape index (κ1) is 13.9. The highest BCUT2D eigenvalue weighted by molar-refractivity contribution is 4.80. The summed E-state index contributed by atoms with van der Waals surface area (Å²) in [5, 5.41) is 0. The van der Waals surface area contributed by atoms with Gasteiger partial charge in [0.2, 0.25) is 0 Å². The summed E-state index contributed by atoms with van der Waals surface area (Å²) in [6.07, 6.45) is 16.7. The molecule has 1 heteroatoms. The van der Waals surface area contributed by atoms with Crippen molar-refractivity contribution < 1.29 is 4.74 Å². The van der Waals surface area contributed by atoms with E-state index in [0.29, 0.717) is 6.10 Å². The molecule has 0 radical (unpaired) electrons. The molecule has 19 heavy (non-hydrogen) atoms. The van der Waals surface area contributed by atoms with Crippen LogP contribution in [-0.4, -0.2) is 12.7 Å². The fourth-order valence-electron chi connectivity index (χ4n) is 4.92. The predicted octanol–water partition coefficient (Wildman–Crippen LogP) is 5.19. The molecule has 3 aliphatic rings. The van der Waals surface area contributed by atoms with E-state index in [1.807, 2.05) is 0 Å². The third-order valence-corrected chi connectivity index (χ3v) is 6.06. The maximum atomic E-state index is 5.80. The smallest absolute Gasteiger partial charge is 0.0578 e. The van der Waals surface area contributed by atoms with Gasteiger partial charge in [0.25, 0.3) is 0 Å². The summed E-state index contributed by atoms with van der Waals surface area (Å²) in [6, 6.07) is 0. The largest absolute Gasteiger partial charge is 0.378 e. The molecule has 2 saturated carbocycles. The Labute approximate surface area is 119 Å². The van der Waals surface area contributed by atoms with Crippen LogP contribution in [0.4, 0.5) is 0 Å². The van der Waals surface area contributed by atoms with Crippen molar-refractivity contribution in [2.24, 2.45) is 23.7 Å². The Bertz CT molecular complexity index is 261. The molecule has 0 N–H and O–H groups in total. The SMILES string of the molecule is C[C@H]1CCC(CC2CCC(CC3CCCO3)CC2)C1. The Hall–Kier alpha value is -0.0400. The summed E-state index contributed by atoms with van der Waals surface area (Å²) in [6.45, 7) is 3.47. The third kappa shape index (κ3) is 3.97. The molecule has 2 aliphatic carbocycles. The molecule has 0 aromatic heterocycles. The fourth-order valence-corrected chi connectivity index (χ4v) is 4.92. The zero-order valence-corrected chi connectivity index (χ0v) is 12.8. The average molecular weight is 264 g/mol. The van der Waals surface area contributed by atoms with Crippen molar-refractivity contribution in [1.29, 1.82) is 0 Å². The first-order valence-electron chi connectivity index (χ1n) is 8.91. The summed E-state index contributed by atoms with van der Waals surface area (Å²) in [4.78, 5) is 0. The Balaban J connectivity index is 1.34. The molecular weight excluding hydrogens is 232 g/mol. The second-order valence-corrected chi connectivity index (χ2v) is 7.78. The van der Waals surface area contributed by atoms with E-state index in [0.717, 1.165) is 30.3 Å². The van der Waals surface area contributed by atoms with Gasteiger partial charge in [-0.2, -0.15) is 0 Å². The predicted molar refractivity (Wildman–Crippen MR) is 80.2 cm³/mol. The van der Waals surface area contributed by atoms with Crippen LogP contribution in [-0.2, 0) is 4.74 Å². The van der Waals surface area contributed by atoms with Gasteiger partial charge in [0.05, 0.1) is 6.10 Å². The van der Waals surface area contributed by atoms with E-state index in [-0.39, 0.29) is 0 Å². The molecule has 3 atom stereocenters. The maximum Gasteiger partial charge on any atom is 0.0578 e. The zero-order valence-electron chi connectivity index (χ0n) is 12.8. The number of rotatable bonds is 4. The highest BCUT2D eigenvalue weighted by Gasteiger charge is 2.29. The van der Waals surface area contributed by atoms with Crippen LogP contribution < -0.4 is 0 Å². The molecule has 0 aromatic rings. The second kappa shape index (κ2) is 6.61. The van der Waals surface area contributed by atoms with Crippen LogP contribution in [0.2, 0.25) is 0 Å². The van der Waals surface area contributed by atoms with Gasteiger partial charge >= 0.3 is 0 Å². The molecule has 0 amide bonds. The Kier molecular flexibility index (Phi) is 4.84. The van der Waals surface area contributed by atoms with Crippen LogP contribution in [0.5, 0.6) is 0 Å². The fraction of sp³-hybridized carbons (Fsp3) is 1.00. The standard InChI is InChI=1S/C18H32O/c1-14-4-5-17(11-14)12-15-6-8-16(9-7-15)13-18-3-2-10-19-18/h14-18H,2-13H2,1H3/t14-,15?,16?,17?,18?/m0/s1. The monoisotopic (exact) mass is 264 g/mol. The molecular formula is C18H32O. The molecule has 0 spiro atoms. The lowest BCUT2D eigenvalue weighted by Crippen LogP contribution is -2.20. The summed E-state index contributed by atoms with van der Waals surface area (Å²) in [7, 11) is 0. The van der Waals surface area contributed by atoms with E-state index in [9.17, 15) is 0 Å². The third-order valence-electron chi connectivity index (χ3n) is 6.06. The summed E-state index contributed by atoms with van der Waals surface area (Å²) in [5.41, 5.74) is 0. The van der Waals surface area contributed by atoms with E-state index in [1.165, 1.54) is 64.2 Å².